The maximum atomic E-state index is 12.1. The second-order valence-corrected chi connectivity index (χ2v) is 5.63. The normalized spacial score (nSPS) is 14.0. The van der Waals surface area contributed by atoms with E-state index in [1.165, 1.54) is 4.68 Å². The molecule has 3 nitrogen and oxygen atoms in total. The van der Waals surface area contributed by atoms with Crippen LogP contribution in [0, 0.1) is 0 Å². The van der Waals surface area contributed by atoms with Gasteiger partial charge in [-0.1, -0.05) is 23.2 Å². The van der Waals surface area contributed by atoms with Crippen molar-refractivity contribution in [2.24, 2.45) is 0 Å². The molecule has 0 aliphatic carbocycles. The van der Waals surface area contributed by atoms with Crippen LogP contribution in [0.2, 0.25) is 10.0 Å². The van der Waals surface area contributed by atoms with Crippen LogP contribution >= 0.6 is 35.0 Å². The molecule has 6 heteroatoms. The number of aromatic amines is 1. The molecule has 17 heavy (non-hydrogen) atoms. The Balaban J connectivity index is 2.19. The van der Waals surface area contributed by atoms with Gasteiger partial charge in [-0.2, -0.15) is 11.8 Å². The third-order valence-electron chi connectivity index (χ3n) is 2.72. The summed E-state index contributed by atoms with van der Waals surface area (Å²) in [5, 5.41) is 4.12. The van der Waals surface area contributed by atoms with Crippen molar-refractivity contribution in [3.05, 3.63) is 49.9 Å². The molecule has 0 radical (unpaired) electrons. The number of H-pyrrole nitrogens is 1. The maximum absolute atomic E-state index is 12.1. The average molecular weight is 287 g/mol. The fourth-order valence-electron chi connectivity index (χ4n) is 1.87. The molecule has 1 aromatic heterocycles. The smallest absolute Gasteiger partial charge is 0.275 e. The zero-order valence-corrected chi connectivity index (χ0v) is 11.0. The Labute approximate surface area is 112 Å². The number of hydrogen-bond acceptors (Lipinski definition) is 2. The molecule has 2 aromatic rings. The number of thioether (sulfide) groups is 1. The number of aromatic nitrogens is 2. The second kappa shape index (κ2) is 4.12. The number of hydrogen-bond donors (Lipinski definition) is 1. The summed E-state index contributed by atoms with van der Waals surface area (Å²) in [4.78, 5) is 12.1. The van der Waals surface area contributed by atoms with Gasteiger partial charge in [0.05, 0.1) is 22.0 Å². The first kappa shape index (κ1) is 11.3. The molecule has 2 heterocycles. The van der Waals surface area contributed by atoms with E-state index in [-0.39, 0.29) is 5.56 Å². The van der Waals surface area contributed by atoms with Crippen LogP contribution in [0.3, 0.4) is 0 Å². The van der Waals surface area contributed by atoms with Crippen LogP contribution < -0.4 is 5.56 Å². The minimum Gasteiger partial charge on any atom is -0.294 e. The Morgan fingerprint density at radius 2 is 2.12 bits per heavy atom. The average Bonchev–Trinajstić information content (AvgIpc) is 2.83. The summed E-state index contributed by atoms with van der Waals surface area (Å²) in [6, 6.07) is 5.09. The van der Waals surface area contributed by atoms with Gasteiger partial charge in [0.1, 0.15) is 0 Å². The van der Waals surface area contributed by atoms with Crippen LogP contribution in [-0.2, 0) is 11.5 Å². The molecule has 1 aliphatic rings. The van der Waals surface area contributed by atoms with E-state index in [1.807, 2.05) is 0 Å². The number of rotatable bonds is 1. The second-order valence-electron chi connectivity index (χ2n) is 3.80. The van der Waals surface area contributed by atoms with E-state index >= 15 is 0 Å². The first-order chi connectivity index (χ1) is 8.16. The van der Waals surface area contributed by atoms with E-state index in [4.69, 9.17) is 23.2 Å². The van der Waals surface area contributed by atoms with E-state index in [9.17, 15) is 4.79 Å². The van der Waals surface area contributed by atoms with Crippen molar-refractivity contribution in [3.63, 3.8) is 0 Å². The lowest BCUT2D eigenvalue weighted by molar-refractivity contribution is 0.832. The van der Waals surface area contributed by atoms with E-state index in [1.54, 1.807) is 30.0 Å². The van der Waals surface area contributed by atoms with Gasteiger partial charge in [0.25, 0.3) is 5.56 Å². The fourth-order valence-corrected chi connectivity index (χ4v) is 3.41. The first-order valence-electron chi connectivity index (χ1n) is 5.03. The van der Waals surface area contributed by atoms with E-state index in [0.29, 0.717) is 15.7 Å². The molecule has 0 saturated heterocycles. The third kappa shape index (κ3) is 1.80. The summed E-state index contributed by atoms with van der Waals surface area (Å²) in [6.45, 7) is 0. The van der Waals surface area contributed by atoms with Crippen molar-refractivity contribution >= 4 is 35.0 Å². The maximum Gasteiger partial charge on any atom is 0.275 e. The van der Waals surface area contributed by atoms with Crippen molar-refractivity contribution in [2.45, 2.75) is 11.5 Å². The standard InChI is InChI=1S/C11H8Cl2N2OS/c12-6-1-2-10(8(13)3-6)15-11(16)7-4-17-5-9(7)14-15/h1-3,14H,4-5H2. The molecule has 0 spiro atoms. The predicted molar refractivity (Wildman–Crippen MR) is 71.4 cm³/mol. The van der Waals surface area contributed by atoms with Crippen LogP contribution in [0.15, 0.2) is 23.0 Å². The summed E-state index contributed by atoms with van der Waals surface area (Å²) >= 11 is 13.7. The van der Waals surface area contributed by atoms with E-state index in [0.717, 1.165) is 22.8 Å². The molecule has 0 fully saturated rings. The largest absolute Gasteiger partial charge is 0.294 e. The number of nitrogens with zero attached hydrogens (tertiary/aromatic N) is 1. The summed E-state index contributed by atoms with van der Waals surface area (Å²) in [7, 11) is 0. The Bertz CT molecular complexity index is 647. The van der Waals surface area contributed by atoms with Gasteiger partial charge in [0.2, 0.25) is 0 Å². The van der Waals surface area contributed by atoms with E-state index in [2.05, 4.69) is 5.10 Å². The zero-order valence-electron chi connectivity index (χ0n) is 8.67. The molecular formula is C11H8Cl2N2OS. The highest BCUT2D eigenvalue weighted by atomic mass is 35.5. The van der Waals surface area contributed by atoms with E-state index < -0.39 is 0 Å². The summed E-state index contributed by atoms with van der Waals surface area (Å²) in [5.41, 5.74) is 2.46. The number of fused-ring (bicyclic) bond motifs is 1. The zero-order chi connectivity index (χ0) is 12.0. The first-order valence-corrected chi connectivity index (χ1v) is 6.94. The quantitative estimate of drug-likeness (QED) is 0.874. The predicted octanol–water partition coefficient (Wildman–Crippen LogP) is 3.22. The SMILES string of the molecule is O=c1c2c([nH]n1-c1ccc(Cl)cc1Cl)CSC2. The van der Waals surface area contributed by atoms with Crippen LogP contribution in [0.5, 0.6) is 0 Å². The molecule has 1 aromatic carbocycles. The molecule has 0 amide bonds. The van der Waals surface area contributed by atoms with Crippen molar-refractivity contribution in [1.82, 2.24) is 9.78 Å². The highest BCUT2D eigenvalue weighted by Crippen LogP contribution is 2.28. The van der Waals surface area contributed by atoms with Crippen molar-refractivity contribution < 1.29 is 0 Å². The van der Waals surface area contributed by atoms with Gasteiger partial charge in [-0.05, 0) is 18.2 Å². The lowest BCUT2D eigenvalue weighted by Crippen LogP contribution is -2.17. The van der Waals surface area contributed by atoms with Crippen molar-refractivity contribution in [1.29, 1.82) is 0 Å². The van der Waals surface area contributed by atoms with Crippen LogP contribution in [-0.4, -0.2) is 9.78 Å². The van der Waals surface area contributed by atoms with Crippen molar-refractivity contribution in [3.8, 4) is 5.69 Å². The Kier molecular flexibility index (Phi) is 2.73. The number of nitrogens with one attached hydrogen (secondary N) is 1. The van der Waals surface area contributed by atoms with Gasteiger partial charge in [0, 0.05) is 16.5 Å². The minimum atomic E-state index is -0.0192. The molecule has 0 saturated carbocycles. The highest BCUT2D eigenvalue weighted by molar-refractivity contribution is 7.98. The van der Waals surface area contributed by atoms with Gasteiger partial charge in [-0.3, -0.25) is 9.89 Å². The third-order valence-corrected chi connectivity index (χ3v) is 4.24. The van der Waals surface area contributed by atoms with Gasteiger partial charge in [-0.25, -0.2) is 4.68 Å². The van der Waals surface area contributed by atoms with Gasteiger partial charge >= 0.3 is 0 Å². The Hall–Kier alpha value is -0.840. The lowest BCUT2D eigenvalue weighted by Gasteiger charge is -2.05. The summed E-state index contributed by atoms with van der Waals surface area (Å²) in [5.74, 6) is 1.62. The van der Waals surface area contributed by atoms with Crippen LogP contribution in [0.25, 0.3) is 5.69 Å². The fraction of sp³-hybridized carbons (Fsp3) is 0.182. The number of benzene rings is 1. The number of halogens is 2. The summed E-state index contributed by atoms with van der Waals surface area (Å²) in [6.07, 6.45) is 0. The van der Waals surface area contributed by atoms with Gasteiger partial charge < -0.3 is 0 Å². The van der Waals surface area contributed by atoms with Gasteiger partial charge in [-0.15, -0.1) is 0 Å². The summed E-state index contributed by atoms with van der Waals surface area (Å²) < 4.78 is 1.49. The molecule has 0 atom stereocenters. The molecule has 0 bridgehead atoms. The Morgan fingerprint density at radius 3 is 2.82 bits per heavy atom. The molecular weight excluding hydrogens is 279 g/mol. The molecule has 3 rings (SSSR count). The Morgan fingerprint density at radius 1 is 1.29 bits per heavy atom. The highest BCUT2D eigenvalue weighted by Gasteiger charge is 2.21. The lowest BCUT2D eigenvalue weighted by atomic mass is 10.3. The molecule has 1 N–H and O–H groups in total. The van der Waals surface area contributed by atoms with Crippen LogP contribution in [0.1, 0.15) is 11.3 Å². The molecule has 0 unspecified atom stereocenters. The topological polar surface area (TPSA) is 37.8 Å². The monoisotopic (exact) mass is 286 g/mol. The molecule has 88 valence electrons. The molecule has 1 aliphatic heterocycles. The minimum absolute atomic E-state index is 0.0192. The van der Waals surface area contributed by atoms with Crippen LogP contribution in [0.4, 0.5) is 0 Å². The van der Waals surface area contributed by atoms with Gasteiger partial charge in [0.15, 0.2) is 0 Å². The van der Waals surface area contributed by atoms with Crippen molar-refractivity contribution in [2.75, 3.05) is 0 Å².